The summed E-state index contributed by atoms with van der Waals surface area (Å²) < 4.78 is 0. The van der Waals surface area contributed by atoms with Gasteiger partial charge in [0.05, 0.1) is 11.6 Å². The Hall–Kier alpha value is -1.36. The maximum atomic E-state index is 5.19. The third-order valence-corrected chi connectivity index (χ3v) is 1.28. The molecule has 0 aliphatic rings. The molecular formula is C8H8N2. The minimum atomic E-state index is 0.0636. The fourth-order valence-electron chi connectivity index (χ4n) is 0.620. The van der Waals surface area contributed by atoms with Crippen molar-refractivity contribution in [2.45, 2.75) is 12.8 Å². The Bertz CT molecular complexity index is 235. The first-order valence-corrected chi connectivity index (χ1v) is 3.06. The van der Waals surface area contributed by atoms with Crippen molar-refractivity contribution in [3.8, 4) is 12.3 Å². The summed E-state index contributed by atoms with van der Waals surface area (Å²) in [5.74, 6) is 2.64. The van der Waals surface area contributed by atoms with Crippen LogP contribution in [0, 0.1) is 12.3 Å². The molecule has 1 atom stereocenters. The van der Waals surface area contributed by atoms with E-state index in [0.29, 0.717) is 0 Å². The van der Waals surface area contributed by atoms with Crippen LogP contribution in [0.3, 0.4) is 0 Å². The van der Waals surface area contributed by atoms with Gasteiger partial charge in [0.15, 0.2) is 0 Å². The normalized spacial score (nSPS) is 12.0. The van der Waals surface area contributed by atoms with Crippen molar-refractivity contribution >= 4 is 0 Å². The topological polar surface area (TPSA) is 25.8 Å². The number of aromatic nitrogens is 2. The summed E-state index contributed by atoms with van der Waals surface area (Å²) in [6.07, 6.45) is 10.1. The highest BCUT2D eigenvalue weighted by atomic mass is 14.8. The first-order valence-electron chi connectivity index (χ1n) is 3.06. The summed E-state index contributed by atoms with van der Waals surface area (Å²) in [6.45, 7) is 1.92. The summed E-state index contributed by atoms with van der Waals surface area (Å²) in [6, 6.07) is 0. The van der Waals surface area contributed by atoms with Crippen molar-refractivity contribution in [2.24, 2.45) is 0 Å². The molecular weight excluding hydrogens is 124 g/mol. The molecule has 0 N–H and O–H groups in total. The minimum absolute atomic E-state index is 0.0636. The minimum Gasteiger partial charge on any atom is -0.261 e. The SMILES string of the molecule is C#CC(C)c1cnccn1. The first-order chi connectivity index (χ1) is 4.84. The molecule has 50 valence electrons. The van der Waals surface area contributed by atoms with Gasteiger partial charge in [-0.3, -0.25) is 9.97 Å². The van der Waals surface area contributed by atoms with Crippen LogP contribution in [0.15, 0.2) is 18.6 Å². The van der Waals surface area contributed by atoms with E-state index >= 15 is 0 Å². The maximum absolute atomic E-state index is 5.19. The van der Waals surface area contributed by atoms with Gasteiger partial charge >= 0.3 is 0 Å². The molecule has 0 aliphatic heterocycles. The molecule has 0 aromatic carbocycles. The molecule has 2 heteroatoms. The fraction of sp³-hybridized carbons (Fsp3) is 0.250. The Morgan fingerprint density at radius 1 is 1.60 bits per heavy atom. The molecule has 1 unspecified atom stereocenters. The largest absolute Gasteiger partial charge is 0.261 e. The van der Waals surface area contributed by atoms with Crippen LogP contribution in [0.2, 0.25) is 0 Å². The molecule has 1 rings (SSSR count). The van der Waals surface area contributed by atoms with Crippen molar-refractivity contribution in [1.82, 2.24) is 9.97 Å². The van der Waals surface area contributed by atoms with E-state index < -0.39 is 0 Å². The highest BCUT2D eigenvalue weighted by molar-refractivity contribution is 5.13. The molecule has 0 saturated heterocycles. The molecule has 1 aromatic rings. The predicted octanol–water partition coefficient (Wildman–Crippen LogP) is 1.21. The second-order valence-electron chi connectivity index (χ2n) is 2.02. The quantitative estimate of drug-likeness (QED) is 0.537. The summed E-state index contributed by atoms with van der Waals surface area (Å²) in [5.41, 5.74) is 0.852. The van der Waals surface area contributed by atoms with Crippen molar-refractivity contribution in [2.75, 3.05) is 0 Å². The Labute approximate surface area is 60.3 Å². The van der Waals surface area contributed by atoms with Gasteiger partial charge < -0.3 is 0 Å². The monoisotopic (exact) mass is 132 g/mol. The number of hydrogen-bond donors (Lipinski definition) is 0. The van der Waals surface area contributed by atoms with Gasteiger partial charge in [-0.25, -0.2) is 0 Å². The van der Waals surface area contributed by atoms with E-state index in [1.54, 1.807) is 18.6 Å². The lowest BCUT2D eigenvalue weighted by Crippen LogP contribution is -1.93. The highest BCUT2D eigenvalue weighted by Gasteiger charge is 1.99. The molecule has 0 amide bonds. The third kappa shape index (κ3) is 1.32. The van der Waals surface area contributed by atoms with Crippen molar-refractivity contribution in [1.29, 1.82) is 0 Å². The van der Waals surface area contributed by atoms with E-state index in [9.17, 15) is 0 Å². The van der Waals surface area contributed by atoms with Gasteiger partial charge in [0.25, 0.3) is 0 Å². The van der Waals surface area contributed by atoms with Crippen LogP contribution >= 0.6 is 0 Å². The molecule has 1 heterocycles. The van der Waals surface area contributed by atoms with Gasteiger partial charge in [0.1, 0.15) is 0 Å². The Balaban J connectivity index is 2.88. The van der Waals surface area contributed by atoms with Crippen molar-refractivity contribution < 1.29 is 0 Å². The number of rotatable bonds is 1. The highest BCUT2D eigenvalue weighted by Crippen LogP contribution is 2.07. The van der Waals surface area contributed by atoms with Crippen LogP contribution in [0.1, 0.15) is 18.5 Å². The zero-order valence-corrected chi connectivity index (χ0v) is 5.78. The van der Waals surface area contributed by atoms with Crippen LogP contribution in [-0.4, -0.2) is 9.97 Å². The summed E-state index contributed by atoms with van der Waals surface area (Å²) in [7, 11) is 0. The second-order valence-corrected chi connectivity index (χ2v) is 2.02. The lowest BCUT2D eigenvalue weighted by atomic mass is 10.1. The average Bonchev–Trinajstić information content (AvgIpc) is 2.05. The smallest absolute Gasteiger partial charge is 0.0733 e. The number of hydrogen-bond acceptors (Lipinski definition) is 2. The third-order valence-electron chi connectivity index (χ3n) is 1.28. The van der Waals surface area contributed by atoms with Gasteiger partial charge in [-0.1, -0.05) is 5.92 Å². The molecule has 10 heavy (non-hydrogen) atoms. The van der Waals surface area contributed by atoms with E-state index in [1.165, 1.54) is 0 Å². The van der Waals surface area contributed by atoms with Crippen molar-refractivity contribution in [3.05, 3.63) is 24.3 Å². The van der Waals surface area contributed by atoms with Crippen LogP contribution in [0.25, 0.3) is 0 Å². The Kier molecular flexibility index (Phi) is 2.01. The molecule has 0 bridgehead atoms. The van der Waals surface area contributed by atoms with E-state index in [2.05, 4.69) is 15.9 Å². The molecule has 0 aliphatic carbocycles. The number of nitrogens with zero attached hydrogens (tertiary/aromatic N) is 2. The van der Waals surface area contributed by atoms with Crippen LogP contribution < -0.4 is 0 Å². The van der Waals surface area contributed by atoms with Gasteiger partial charge in [0.2, 0.25) is 0 Å². The van der Waals surface area contributed by atoms with Crippen LogP contribution in [0.5, 0.6) is 0 Å². The lowest BCUT2D eigenvalue weighted by molar-refractivity contribution is 0.916. The van der Waals surface area contributed by atoms with E-state index in [4.69, 9.17) is 6.42 Å². The summed E-state index contributed by atoms with van der Waals surface area (Å²) in [4.78, 5) is 7.94. The summed E-state index contributed by atoms with van der Waals surface area (Å²) in [5, 5.41) is 0. The molecule has 1 aromatic heterocycles. The Morgan fingerprint density at radius 2 is 2.40 bits per heavy atom. The van der Waals surface area contributed by atoms with Crippen LogP contribution in [0.4, 0.5) is 0 Å². The standard InChI is InChI=1S/C8H8N2/c1-3-7(2)8-6-9-4-5-10-8/h1,4-7H,2H3. The number of terminal acetylenes is 1. The maximum Gasteiger partial charge on any atom is 0.0733 e. The fourth-order valence-corrected chi connectivity index (χ4v) is 0.620. The summed E-state index contributed by atoms with van der Waals surface area (Å²) >= 11 is 0. The van der Waals surface area contributed by atoms with Gasteiger partial charge in [-0.05, 0) is 6.92 Å². The molecule has 2 nitrogen and oxygen atoms in total. The zero-order chi connectivity index (χ0) is 7.40. The lowest BCUT2D eigenvalue weighted by Gasteiger charge is -1.99. The first kappa shape index (κ1) is 6.76. The molecule has 0 radical (unpaired) electrons. The van der Waals surface area contributed by atoms with Gasteiger partial charge in [-0.15, -0.1) is 6.42 Å². The Morgan fingerprint density at radius 3 is 2.90 bits per heavy atom. The van der Waals surface area contributed by atoms with Gasteiger partial charge in [-0.2, -0.15) is 0 Å². The van der Waals surface area contributed by atoms with Crippen molar-refractivity contribution in [3.63, 3.8) is 0 Å². The zero-order valence-electron chi connectivity index (χ0n) is 5.78. The second kappa shape index (κ2) is 2.98. The predicted molar refractivity (Wildman–Crippen MR) is 39.3 cm³/mol. The molecule has 0 saturated carbocycles. The van der Waals surface area contributed by atoms with E-state index in [1.807, 2.05) is 6.92 Å². The van der Waals surface area contributed by atoms with E-state index in [-0.39, 0.29) is 5.92 Å². The van der Waals surface area contributed by atoms with E-state index in [0.717, 1.165) is 5.69 Å². The van der Waals surface area contributed by atoms with Gasteiger partial charge in [0, 0.05) is 18.6 Å². The molecule has 0 spiro atoms. The average molecular weight is 132 g/mol. The van der Waals surface area contributed by atoms with Crippen LogP contribution in [-0.2, 0) is 0 Å². The molecule has 0 fully saturated rings.